The van der Waals surface area contributed by atoms with Crippen LogP contribution in [0.1, 0.15) is 85.0 Å². The second kappa shape index (κ2) is 4.77. The molecule has 8 atom stereocenters. The Kier molecular flexibility index (Phi) is 3.16. The minimum absolute atomic E-state index is 0.252. The first-order chi connectivity index (χ1) is 11.0. The SMILES string of the molecule is CC1([C@H]2CC[C@H]3[C@@H]4CCC5CCCC[C@]5(C)[C@H]4CC[C@]23C)CO1. The number of hydrogen-bond donors (Lipinski definition) is 0. The highest BCUT2D eigenvalue weighted by Gasteiger charge is 2.64. The second-order valence-electron chi connectivity index (χ2n) is 10.7. The van der Waals surface area contributed by atoms with Crippen LogP contribution in [0.15, 0.2) is 0 Å². The topological polar surface area (TPSA) is 12.5 Å². The van der Waals surface area contributed by atoms with E-state index in [-0.39, 0.29) is 5.60 Å². The van der Waals surface area contributed by atoms with E-state index in [1.165, 1.54) is 51.4 Å². The molecule has 1 heteroatoms. The fourth-order valence-corrected chi connectivity index (χ4v) is 8.61. The van der Waals surface area contributed by atoms with E-state index in [1.54, 1.807) is 12.8 Å². The van der Waals surface area contributed by atoms with Crippen molar-refractivity contribution in [3.05, 3.63) is 0 Å². The molecule has 1 nitrogen and oxygen atoms in total. The third-order valence-electron chi connectivity index (χ3n) is 9.92. The minimum atomic E-state index is 0.252. The number of rotatable bonds is 1. The summed E-state index contributed by atoms with van der Waals surface area (Å²) in [6, 6.07) is 0. The van der Waals surface area contributed by atoms with E-state index in [1.807, 2.05) is 0 Å². The molecule has 1 saturated heterocycles. The first-order valence-electron chi connectivity index (χ1n) is 10.6. The van der Waals surface area contributed by atoms with Crippen LogP contribution in [0.25, 0.3) is 0 Å². The van der Waals surface area contributed by atoms with Gasteiger partial charge in [0.2, 0.25) is 0 Å². The van der Waals surface area contributed by atoms with Gasteiger partial charge in [-0.15, -0.1) is 0 Å². The average Bonchev–Trinajstić information content (AvgIpc) is 3.16. The normalized spacial score (nSPS) is 61.4. The smallest absolute Gasteiger partial charge is 0.0921 e. The standard InChI is InChI=1S/C22H36O/c1-20-12-5-4-6-15(20)7-8-16-17-9-10-19(22(3)14-23-22)21(17,2)13-11-18(16)20/h15-19H,4-14H2,1-3H3/t15?,16-,17-,18-,19-,20-,21-,22?/m0/s1. The van der Waals surface area contributed by atoms with Gasteiger partial charge in [-0.2, -0.15) is 0 Å². The summed E-state index contributed by atoms with van der Waals surface area (Å²) in [5.41, 5.74) is 1.53. The van der Waals surface area contributed by atoms with E-state index >= 15 is 0 Å². The summed E-state index contributed by atoms with van der Waals surface area (Å²) in [7, 11) is 0. The van der Waals surface area contributed by atoms with Crippen LogP contribution in [0.4, 0.5) is 0 Å². The predicted octanol–water partition coefficient (Wildman–Crippen LogP) is 5.82. The molecule has 5 aliphatic rings. The lowest BCUT2D eigenvalue weighted by atomic mass is 9.44. The van der Waals surface area contributed by atoms with Crippen molar-refractivity contribution < 1.29 is 4.74 Å². The zero-order chi connectivity index (χ0) is 15.9. The summed E-state index contributed by atoms with van der Waals surface area (Å²) in [5.74, 6) is 5.00. The predicted molar refractivity (Wildman–Crippen MR) is 94.2 cm³/mol. The molecule has 4 saturated carbocycles. The molecule has 0 radical (unpaired) electrons. The fraction of sp³-hybridized carbons (Fsp3) is 1.00. The average molecular weight is 317 g/mol. The van der Waals surface area contributed by atoms with Crippen LogP contribution in [0.2, 0.25) is 0 Å². The lowest BCUT2D eigenvalue weighted by Gasteiger charge is -2.60. The molecule has 0 N–H and O–H groups in total. The lowest BCUT2D eigenvalue weighted by Crippen LogP contribution is -2.53. The molecule has 0 spiro atoms. The highest BCUT2D eigenvalue weighted by atomic mass is 16.6. The van der Waals surface area contributed by atoms with Crippen LogP contribution >= 0.6 is 0 Å². The highest BCUT2D eigenvalue weighted by molar-refractivity contribution is 5.13. The summed E-state index contributed by atoms with van der Waals surface area (Å²) < 4.78 is 5.94. The van der Waals surface area contributed by atoms with Gasteiger partial charge in [0.1, 0.15) is 0 Å². The van der Waals surface area contributed by atoms with Crippen molar-refractivity contribution >= 4 is 0 Å². The van der Waals surface area contributed by atoms with Gasteiger partial charge in [-0.1, -0.05) is 26.7 Å². The monoisotopic (exact) mass is 316 g/mol. The van der Waals surface area contributed by atoms with Crippen LogP contribution in [-0.4, -0.2) is 12.2 Å². The largest absolute Gasteiger partial charge is 0.370 e. The van der Waals surface area contributed by atoms with Gasteiger partial charge in [-0.05, 0) is 98.7 Å². The molecule has 1 heterocycles. The maximum Gasteiger partial charge on any atom is 0.0921 e. The Bertz CT molecular complexity index is 494. The number of fused-ring (bicyclic) bond motifs is 5. The van der Waals surface area contributed by atoms with Gasteiger partial charge in [0.15, 0.2) is 0 Å². The van der Waals surface area contributed by atoms with Crippen LogP contribution in [-0.2, 0) is 4.74 Å². The Morgan fingerprint density at radius 1 is 0.739 bits per heavy atom. The quantitative estimate of drug-likeness (QED) is 0.555. The molecule has 0 amide bonds. The first kappa shape index (κ1) is 15.2. The summed E-state index contributed by atoms with van der Waals surface area (Å²) in [4.78, 5) is 0. The molecule has 4 aliphatic carbocycles. The molecule has 5 rings (SSSR count). The Morgan fingerprint density at radius 3 is 2.30 bits per heavy atom. The molecule has 0 aromatic carbocycles. The van der Waals surface area contributed by atoms with Crippen molar-refractivity contribution in [3.8, 4) is 0 Å². The maximum absolute atomic E-state index is 5.94. The van der Waals surface area contributed by atoms with Gasteiger partial charge >= 0.3 is 0 Å². The lowest BCUT2D eigenvalue weighted by molar-refractivity contribution is -0.115. The van der Waals surface area contributed by atoms with Gasteiger partial charge in [-0.3, -0.25) is 0 Å². The van der Waals surface area contributed by atoms with E-state index in [2.05, 4.69) is 20.8 Å². The number of hydrogen-bond acceptors (Lipinski definition) is 1. The van der Waals surface area contributed by atoms with Crippen LogP contribution in [0.5, 0.6) is 0 Å². The number of ether oxygens (including phenoxy) is 1. The highest BCUT2D eigenvalue weighted by Crippen LogP contribution is 2.69. The molecule has 0 aromatic heterocycles. The zero-order valence-electron chi connectivity index (χ0n) is 15.6. The Balaban J connectivity index is 1.45. The van der Waals surface area contributed by atoms with E-state index in [0.717, 1.165) is 36.2 Å². The van der Waals surface area contributed by atoms with Crippen LogP contribution < -0.4 is 0 Å². The van der Waals surface area contributed by atoms with Crippen LogP contribution in [0, 0.1) is 40.4 Å². The first-order valence-corrected chi connectivity index (χ1v) is 10.6. The van der Waals surface area contributed by atoms with Crippen molar-refractivity contribution in [3.63, 3.8) is 0 Å². The molecule has 0 aromatic rings. The van der Waals surface area contributed by atoms with Crippen LogP contribution in [0.3, 0.4) is 0 Å². The molecule has 5 fully saturated rings. The van der Waals surface area contributed by atoms with E-state index in [9.17, 15) is 0 Å². The Morgan fingerprint density at radius 2 is 1.52 bits per heavy atom. The third-order valence-corrected chi connectivity index (χ3v) is 9.92. The number of epoxide rings is 1. The maximum atomic E-state index is 5.94. The van der Waals surface area contributed by atoms with Gasteiger partial charge < -0.3 is 4.74 Å². The third kappa shape index (κ3) is 1.95. The van der Waals surface area contributed by atoms with E-state index in [4.69, 9.17) is 4.74 Å². The van der Waals surface area contributed by atoms with Gasteiger partial charge in [0.25, 0.3) is 0 Å². The van der Waals surface area contributed by atoms with Gasteiger partial charge in [0, 0.05) is 0 Å². The van der Waals surface area contributed by atoms with Crippen molar-refractivity contribution in [2.75, 3.05) is 6.61 Å². The Hall–Kier alpha value is -0.0400. The van der Waals surface area contributed by atoms with Crippen molar-refractivity contribution in [2.45, 2.75) is 90.6 Å². The molecule has 130 valence electrons. The van der Waals surface area contributed by atoms with Crippen molar-refractivity contribution in [2.24, 2.45) is 40.4 Å². The molecular weight excluding hydrogens is 280 g/mol. The zero-order valence-corrected chi connectivity index (χ0v) is 15.6. The van der Waals surface area contributed by atoms with E-state index < -0.39 is 0 Å². The van der Waals surface area contributed by atoms with Gasteiger partial charge in [0.05, 0.1) is 12.2 Å². The fourth-order valence-electron chi connectivity index (χ4n) is 8.61. The summed E-state index contributed by atoms with van der Waals surface area (Å²) in [6.45, 7) is 8.80. The molecular formula is C22H36O. The summed E-state index contributed by atoms with van der Waals surface area (Å²) in [5, 5.41) is 0. The minimum Gasteiger partial charge on any atom is -0.370 e. The summed E-state index contributed by atoms with van der Waals surface area (Å²) in [6.07, 6.45) is 15.1. The van der Waals surface area contributed by atoms with Crippen molar-refractivity contribution in [1.82, 2.24) is 0 Å². The second-order valence-corrected chi connectivity index (χ2v) is 10.7. The Labute approximate surface area is 142 Å². The van der Waals surface area contributed by atoms with E-state index in [0.29, 0.717) is 10.8 Å². The van der Waals surface area contributed by atoms with Crippen molar-refractivity contribution in [1.29, 1.82) is 0 Å². The molecule has 23 heavy (non-hydrogen) atoms. The van der Waals surface area contributed by atoms with Gasteiger partial charge in [-0.25, -0.2) is 0 Å². The molecule has 1 aliphatic heterocycles. The molecule has 0 bridgehead atoms. The summed E-state index contributed by atoms with van der Waals surface area (Å²) >= 11 is 0. The molecule has 2 unspecified atom stereocenters.